The van der Waals surface area contributed by atoms with Gasteiger partial charge in [-0.1, -0.05) is 18.5 Å². The third-order valence-corrected chi connectivity index (χ3v) is 5.69. The van der Waals surface area contributed by atoms with Gasteiger partial charge in [-0.05, 0) is 38.1 Å². The highest BCUT2D eigenvalue weighted by atomic mass is 35.5. The average molecular weight is 373 g/mol. The van der Waals surface area contributed by atoms with E-state index in [0.717, 1.165) is 60.7 Å². The van der Waals surface area contributed by atoms with Crippen LogP contribution in [-0.4, -0.2) is 57.9 Å². The van der Waals surface area contributed by atoms with E-state index < -0.39 is 0 Å². The van der Waals surface area contributed by atoms with E-state index in [4.69, 9.17) is 16.6 Å². The predicted octanol–water partition coefficient (Wildman–Crippen LogP) is 3.24. The first-order valence-electron chi connectivity index (χ1n) is 9.13. The second-order valence-corrected chi connectivity index (χ2v) is 7.48. The summed E-state index contributed by atoms with van der Waals surface area (Å²) in [4.78, 5) is 13.1. The number of hydrogen-bond acceptors (Lipinski definition) is 4. The summed E-state index contributed by atoms with van der Waals surface area (Å²) in [5, 5.41) is 5.13. The Bertz CT molecular complexity index is 949. The fourth-order valence-corrected chi connectivity index (χ4v) is 3.91. The molecule has 0 bridgehead atoms. The van der Waals surface area contributed by atoms with E-state index >= 15 is 0 Å². The number of aryl methyl sites for hydroxylation is 3. The van der Waals surface area contributed by atoms with Crippen molar-refractivity contribution >= 4 is 28.3 Å². The minimum Gasteiger partial charge on any atom is -0.369 e. The minimum absolute atomic E-state index is 0.623. The molecule has 1 aromatic carbocycles. The van der Waals surface area contributed by atoms with Crippen molar-refractivity contribution in [3.63, 3.8) is 0 Å². The summed E-state index contributed by atoms with van der Waals surface area (Å²) in [5.74, 6) is 0.800. The Kier molecular flexibility index (Phi) is 4.40. The van der Waals surface area contributed by atoms with Crippen LogP contribution in [0.2, 0.25) is 5.15 Å². The summed E-state index contributed by atoms with van der Waals surface area (Å²) < 4.78 is 1.71. The number of nitrogens with zero attached hydrogens (tertiary/aromatic N) is 5. The number of fused-ring (bicyclic) bond motifs is 1. The maximum absolute atomic E-state index is 6.49. The number of aromatic nitrogens is 4. The molecule has 3 aromatic rings. The highest BCUT2D eigenvalue weighted by molar-refractivity contribution is 6.32. The fourth-order valence-electron chi connectivity index (χ4n) is 3.67. The van der Waals surface area contributed by atoms with Gasteiger partial charge in [-0.15, -0.1) is 0 Å². The molecule has 0 aliphatic carbocycles. The topological polar surface area (TPSA) is 53.0 Å². The van der Waals surface area contributed by atoms with Crippen LogP contribution < -0.4 is 4.90 Å². The molecule has 1 N–H and O–H groups in total. The number of hydrogen-bond donors (Lipinski definition) is 1. The van der Waals surface area contributed by atoms with E-state index in [9.17, 15) is 0 Å². The molecule has 3 heterocycles. The standard InChI is InChI=1S/C19H25ClN6/c1-5-14-16(18(20)25(4)23-14)19-21-15-11-13(10-12(2)17(15)22-19)26-8-6-24(3)7-9-26/h10-11H,5-9H2,1-4H3,(H,21,22). The van der Waals surface area contributed by atoms with Crippen LogP contribution in [0, 0.1) is 6.92 Å². The number of H-pyrrole nitrogens is 1. The molecule has 6 nitrogen and oxygen atoms in total. The number of aromatic amines is 1. The van der Waals surface area contributed by atoms with E-state index in [0.29, 0.717) is 5.15 Å². The smallest absolute Gasteiger partial charge is 0.143 e. The van der Waals surface area contributed by atoms with Gasteiger partial charge in [-0.3, -0.25) is 4.68 Å². The molecule has 2 aromatic heterocycles. The number of nitrogens with one attached hydrogen (secondary N) is 1. The van der Waals surface area contributed by atoms with Gasteiger partial charge in [0.2, 0.25) is 0 Å². The number of likely N-dealkylation sites (N-methyl/N-ethyl adjacent to an activating group) is 1. The molecule has 1 fully saturated rings. The molecule has 138 valence electrons. The van der Waals surface area contributed by atoms with Gasteiger partial charge in [0.15, 0.2) is 0 Å². The lowest BCUT2D eigenvalue weighted by Gasteiger charge is -2.34. The van der Waals surface area contributed by atoms with Crippen LogP contribution in [0.3, 0.4) is 0 Å². The van der Waals surface area contributed by atoms with Crippen LogP contribution in [0.15, 0.2) is 12.1 Å². The Labute approximate surface area is 158 Å². The van der Waals surface area contributed by atoms with Crippen LogP contribution in [0.1, 0.15) is 18.2 Å². The lowest BCUT2D eigenvalue weighted by Crippen LogP contribution is -2.44. The number of rotatable bonds is 3. The number of halogens is 1. The highest BCUT2D eigenvalue weighted by Gasteiger charge is 2.20. The second-order valence-electron chi connectivity index (χ2n) is 7.12. The van der Waals surface area contributed by atoms with E-state index in [1.165, 1.54) is 11.3 Å². The maximum Gasteiger partial charge on any atom is 0.143 e. The SMILES string of the molecule is CCc1nn(C)c(Cl)c1-c1nc2c(C)cc(N3CCN(C)CC3)cc2[nH]1. The van der Waals surface area contributed by atoms with Crippen molar-refractivity contribution in [2.75, 3.05) is 38.1 Å². The van der Waals surface area contributed by atoms with Gasteiger partial charge in [-0.2, -0.15) is 5.10 Å². The van der Waals surface area contributed by atoms with Gasteiger partial charge in [0, 0.05) is 38.9 Å². The lowest BCUT2D eigenvalue weighted by atomic mass is 10.1. The second kappa shape index (κ2) is 6.59. The van der Waals surface area contributed by atoms with Gasteiger partial charge < -0.3 is 14.8 Å². The van der Waals surface area contributed by atoms with E-state index in [-0.39, 0.29) is 0 Å². The predicted molar refractivity (Wildman–Crippen MR) is 107 cm³/mol. The largest absolute Gasteiger partial charge is 0.369 e. The molecular formula is C19H25ClN6. The number of benzene rings is 1. The molecule has 1 aliphatic heterocycles. The van der Waals surface area contributed by atoms with Crippen molar-refractivity contribution in [3.8, 4) is 11.4 Å². The molecule has 0 spiro atoms. The first-order chi connectivity index (χ1) is 12.5. The average Bonchev–Trinajstić information content (AvgIpc) is 3.17. The Morgan fingerprint density at radius 2 is 1.88 bits per heavy atom. The molecule has 26 heavy (non-hydrogen) atoms. The quantitative estimate of drug-likeness (QED) is 0.766. The van der Waals surface area contributed by atoms with Crippen molar-refractivity contribution in [1.82, 2.24) is 24.6 Å². The molecule has 0 saturated carbocycles. The van der Waals surface area contributed by atoms with Crippen LogP contribution in [-0.2, 0) is 13.5 Å². The first kappa shape index (κ1) is 17.4. The van der Waals surface area contributed by atoms with Gasteiger partial charge in [0.05, 0.1) is 22.3 Å². The summed E-state index contributed by atoms with van der Waals surface area (Å²) in [5.41, 5.74) is 6.36. The molecule has 7 heteroatoms. The summed E-state index contributed by atoms with van der Waals surface area (Å²) in [6.07, 6.45) is 0.818. The molecule has 0 unspecified atom stereocenters. The normalized spacial score (nSPS) is 16.0. The number of piperazine rings is 1. The maximum atomic E-state index is 6.49. The van der Waals surface area contributed by atoms with Gasteiger partial charge >= 0.3 is 0 Å². The third kappa shape index (κ3) is 2.87. The zero-order valence-corrected chi connectivity index (χ0v) is 16.6. The molecule has 0 radical (unpaired) electrons. The monoisotopic (exact) mass is 372 g/mol. The van der Waals surface area contributed by atoms with Crippen molar-refractivity contribution in [3.05, 3.63) is 28.5 Å². The molecule has 0 atom stereocenters. The van der Waals surface area contributed by atoms with Crippen LogP contribution in [0.5, 0.6) is 0 Å². The summed E-state index contributed by atoms with van der Waals surface area (Å²) >= 11 is 6.49. The summed E-state index contributed by atoms with van der Waals surface area (Å²) in [6, 6.07) is 4.45. The Hall–Kier alpha value is -2.05. The number of imidazole rings is 1. The Balaban J connectivity index is 1.77. The molecule has 4 rings (SSSR count). The summed E-state index contributed by atoms with van der Waals surface area (Å²) in [6.45, 7) is 8.50. The highest BCUT2D eigenvalue weighted by Crippen LogP contribution is 2.33. The van der Waals surface area contributed by atoms with E-state index in [1.54, 1.807) is 4.68 Å². The van der Waals surface area contributed by atoms with Gasteiger partial charge in [-0.25, -0.2) is 4.98 Å². The molecule has 1 saturated heterocycles. The van der Waals surface area contributed by atoms with E-state index in [2.05, 4.69) is 52.9 Å². The molecular weight excluding hydrogens is 348 g/mol. The zero-order chi connectivity index (χ0) is 18.4. The van der Waals surface area contributed by atoms with Crippen molar-refractivity contribution < 1.29 is 0 Å². The van der Waals surface area contributed by atoms with Gasteiger partial charge in [0.1, 0.15) is 11.0 Å². The molecule has 0 amide bonds. The minimum atomic E-state index is 0.623. The lowest BCUT2D eigenvalue weighted by molar-refractivity contribution is 0.313. The van der Waals surface area contributed by atoms with Crippen molar-refractivity contribution in [2.24, 2.45) is 7.05 Å². The third-order valence-electron chi connectivity index (χ3n) is 5.25. The van der Waals surface area contributed by atoms with Crippen LogP contribution in [0.4, 0.5) is 5.69 Å². The first-order valence-corrected chi connectivity index (χ1v) is 9.51. The zero-order valence-electron chi connectivity index (χ0n) is 15.8. The summed E-state index contributed by atoms with van der Waals surface area (Å²) in [7, 11) is 4.04. The van der Waals surface area contributed by atoms with Crippen molar-refractivity contribution in [1.29, 1.82) is 0 Å². The van der Waals surface area contributed by atoms with Crippen LogP contribution >= 0.6 is 11.6 Å². The van der Waals surface area contributed by atoms with Gasteiger partial charge in [0.25, 0.3) is 0 Å². The molecule has 1 aliphatic rings. The van der Waals surface area contributed by atoms with Crippen LogP contribution in [0.25, 0.3) is 22.4 Å². The Morgan fingerprint density at radius 1 is 1.15 bits per heavy atom. The number of anilines is 1. The van der Waals surface area contributed by atoms with Crippen molar-refractivity contribution in [2.45, 2.75) is 20.3 Å². The fraction of sp³-hybridized carbons (Fsp3) is 0.474. The van der Waals surface area contributed by atoms with E-state index in [1.807, 2.05) is 7.05 Å². The Morgan fingerprint density at radius 3 is 2.58 bits per heavy atom.